The van der Waals surface area contributed by atoms with Crippen molar-refractivity contribution in [3.8, 4) is 0 Å². The van der Waals surface area contributed by atoms with E-state index in [1.807, 2.05) is 19.0 Å². The minimum Gasteiger partial charge on any atom is -0.462 e. The van der Waals surface area contributed by atoms with Crippen LogP contribution < -0.4 is 0 Å². The van der Waals surface area contributed by atoms with Crippen LogP contribution in [0, 0.1) is 0 Å². The zero-order valence-corrected chi connectivity index (χ0v) is 36.5. The number of esters is 2. The van der Waals surface area contributed by atoms with Gasteiger partial charge in [-0.25, -0.2) is 4.57 Å². The van der Waals surface area contributed by atoms with Crippen molar-refractivity contribution in [2.75, 3.05) is 40.5 Å². The molecule has 0 aromatic heterocycles. The lowest BCUT2D eigenvalue weighted by atomic mass is 10.1. The van der Waals surface area contributed by atoms with Crippen molar-refractivity contribution in [1.29, 1.82) is 0 Å². The van der Waals surface area contributed by atoms with Crippen LogP contribution in [0.5, 0.6) is 0 Å². The van der Waals surface area contributed by atoms with E-state index in [9.17, 15) is 19.0 Å². The number of allylic oxidation sites excluding steroid dienone is 8. The zero-order chi connectivity index (χ0) is 40.5. The number of nitrogens with zero attached hydrogens (tertiary/aromatic N) is 1. The number of carbonyl (C=O) groups is 2. The number of phosphoric acid groups is 1. The van der Waals surface area contributed by atoms with Gasteiger partial charge < -0.3 is 19.3 Å². The van der Waals surface area contributed by atoms with Crippen molar-refractivity contribution in [1.82, 2.24) is 4.90 Å². The van der Waals surface area contributed by atoms with Gasteiger partial charge >= 0.3 is 19.8 Å². The largest absolute Gasteiger partial charge is 0.472 e. The second-order valence-electron chi connectivity index (χ2n) is 14.9. The normalized spacial score (nSPS) is 13.9. The SMILES string of the molecule is CCCCC/C=C\C/C=C\C/C=C\CCCCC(=O)OC(COC(=O)CCCCCCCCC/C=C\CCCCCCCC)COP(=O)(O)OCCN(C)C. The topological polar surface area (TPSA) is 112 Å². The highest BCUT2D eigenvalue weighted by atomic mass is 31.2. The zero-order valence-electron chi connectivity index (χ0n) is 35.6. The van der Waals surface area contributed by atoms with Crippen LogP contribution in [-0.4, -0.2) is 68.3 Å². The second kappa shape index (κ2) is 40.2. The maximum Gasteiger partial charge on any atom is 0.472 e. The van der Waals surface area contributed by atoms with E-state index in [1.165, 1.54) is 83.5 Å². The summed E-state index contributed by atoms with van der Waals surface area (Å²) in [7, 11) is -0.735. The molecule has 1 N–H and O–H groups in total. The van der Waals surface area contributed by atoms with Crippen LogP contribution >= 0.6 is 7.82 Å². The highest BCUT2D eigenvalue weighted by Gasteiger charge is 2.26. The smallest absolute Gasteiger partial charge is 0.462 e. The quantitative estimate of drug-likeness (QED) is 0.0280. The van der Waals surface area contributed by atoms with Gasteiger partial charge in [-0.3, -0.25) is 18.6 Å². The monoisotopic (exact) mass is 796 g/mol. The van der Waals surface area contributed by atoms with Gasteiger partial charge in [0.2, 0.25) is 0 Å². The molecule has 2 unspecified atom stereocenters. The second-order valence-corrected chi connectivity index (χ2v) is 16.3. The Hall–Kier alpha value is -2.03. The van der Waals surface area contributed by atoms with Crippen LogP contribution in [-0.2, 0) is 32.7 Å². The molecule has 0 bridgehead atoms. The third kappa shape index (κ3) is 41.4. The van der Waals surface area contributed by atoms with E-state index in [4.69, 9.17) is 18.5 Å². The minimum absolute atomic E-state index is 0.00180. The number of likely N-dealkylation sites (N-methyl/N-ethyl adjacent to an activating group) is 1. The fraction of sp³-hybridized carbons (Fsp3) is 0.778. The average molecular weight is 796 g/mol. The van der Waals surface area contributed by atoms with Gasteiger partial charge in [-0.05, 0) is 91.1 Å². The third-order valence-electron chi connectivity index (χ3n) is 9.11. The summed E-state index contributed by atoms with van der Waals surface area (Å²) in [5.74, 6) is -0.853. The Kier molecular flexibility index (Phi) is 38.7. The van der Waals surface area contributed by atoms with Crippen molar-refractivity contribution in [3.63, 3.8) is 0 Å². The lowest BCUT2D eigenvalue weighted by molar-refractivity contribution is -0.161. The maximum absolute atomic E-state index is 12.6. The third-order valence-corrected chi connectivity index (χ3v) is 10.1. The van der Waals surface area contributed by atoms with Gasteiger partial charge in [0.1, 0.15) is 6.61 Å². The summed E-state index contributed by atoms with van der Waals surface area (Å²) in [5, 5.41) is 0. The summed E-state index contributed by atoms with van der Waals surface area (Å²) in [4.78, 5) is 37.0. The Morgan fingerprint density at radius 2 is 0.982 bits per heavy atom. The summed E-state index contributed by atoms with van der Waals surface area (Å²) < 4.78 is 33.4. The summed E-state index contributed by atoms with van der Waals surface area (Å²) in [5.41, 5.74) is 0. The molecule has 0 saturated heterocycles. The van der Waals surface area contributed by atoms with Crippen molar-refractivity contribution in [2.45, 2.75) is 187 Å². The Labute approximate surface area is 337 Å². The molecule has 0 aliphatic rings. The first-order valence-electron chi connectivity index (χ1n) is 21.9. The minimum atomic E-state index is -4.37. The average Bonchev–Trinajstić information content (AvgIpc) is 3.15. The Balaban J connectivity index is 4.35. The van der Waals surface area contributed by atoms with Crippen LogP contribution in [0.2, 0.25) is 0 Å². The van der Waals surface area contributed by atoms with E-state index in [1.54, 1.807) is 0 Å². The Morgan fingerprint density at radius 3 is 1.55 bits per heavy atom. The fourth-order valence-electron chi connectivity index (χ4n) is 5.69. The van der Waals surface area contributed by atoms with E-state index >= 15 is 0 Å². The number of ether oxygens (including phenoxy) is 2. The summed E-state index contributed by atoms with van der Waals surface area (Å²) in [6.07, 6.45) is 44.4. The first-order chi connectivity index (χ1) is 26.7. The highest BCUT2D eigenvalue weighted by Crippen LogP contribution is 2.43. The molecule has 10 heteroatoms. The molecule has 0 saturated carbocycles. The first-order valence-corrected chi connectivity index (χ1v) is 23.4. The van der Waals surface area contributed by atoms with Crippen molar-refractivity contribution >= 4 is 19.8 Å². The predicted molar refractivity (Wildman–Crippen MR) is 229 cm³/mol. The number of unbranched alkanes of at least 4 members (excludes halogenated alkanes) is 18. The number of hydrogen-bond acceptors (Lipinski definition) is 8. The molecule has 0 spiro atoms. The van der Waals surface area contributed by atoms with Crippen molar-refractivity contribution in [2.24, 2.45) is 0 Å². The molecule has 0 radical (unpaired) electrons. The van der Waals surface area contributed by atoms with Gasteiger partial charge in [0, 0.05) is 19.4 Å². The van der Waals surface area contributed by atoms with Crippen LogP contribution in [0.4, 0.5) is 0 Å². The molecule has 0 aromatic rings. The molecule has 2 atom stereocenters. The van der Waals surface area contributed by atoms with Crippen molar-refractivity contribution < 1.29 is 37.6 Å². The molecule has 0 aromatic carbocycles. The van der Waals surface area contributed by atoms with Crippen LogP contribution in [0.3, 0.4) is 0 Å². The van der Waals surface area contributed by atoms with E-state index in [0.717, 1.165) is 64.2 Å². The lowest BCUT2D eigenvalue weighted by Crippen LogP contribution is -2.29. The Bertz CT molecular complexity index is 1060. The van der Waals surface area contributed by atoms with Gasteiger partial charge in [-0.1, -0.05) is 140 Å². The van der Waals surface area contributed by atoms with E-state index in [2.05, 4.69) is 62.5 Å². The van der Waals surface area contributed by atoms with Crippen molar-refractivity contribution in [3.05, 3.63) is 48.6 Å². The Morgan fingerprint density at radius 1 is 0.564 bits per heavy atom. The fourth-order valence-corrected chi connectivity index (χ4v) is 6.43. The summed E-state index contributed by atoms with van der Waals surface area (Å²) >= 11 is 0. The molecule has 9 nitrogen and oxygen atoms in total. The van der Waals surface area contributed by atoms with Gasteiger partial charge in [-0.2, -0.15) is 0 Å². The van der Waals surface area contributed by atoms with Gasteiger partial charge in [0.05, 0.1) is 13.2 Å². The van der Waals surface area contributed by atoms with Crippen LogP contribution in [0.1, 0.15) is 181 Å². The summed E-state index contributed by atoms with van der Waals surface area (Å²) in [6, 6.07) is 0. The van der Waals surface area contributed by atoms with E-state index in [0.29, 0.717) is 13.0 Å². The van der Waals surface area contributed by atoms with Gasteiger partial charge in [-0.15, -0.1) is 0 Å². The lowest BCUT2D eigenvalue weighted by Gasteiger charge is -2.20. The number of hydrogen-bond donors (Lipinski definition) is 1. The molecule has 0 heterocycles. The first kappa shape index (κ1) is 53.0. The summed E-state index contributed by atoms with van der Waals surface area (Å²) in [6.45, 7) is 4.24. The highest BCUT2D eigenvalue weighted by molar-refractivity contribution is 7.47. The standard InChI is InChI=1S/C45H82NO8P/c1-5-7-9-11-13-15-17-19-21-22-24-25-27-29-31-33-35-37-44(47)51-41-43(42-53-55(49,50)52-40-39-46(3)4)54-45(48)38-36-34-32-30-28-26-23-20-18-16-14-12-10-8-6-2/h14,16,19-21,23,28,30,43H,5-13,15,17-18,22,24-27,29,31-42H2,1-4H3,(H,49,50)/b16-14-,21-19-,23-20-,30-28-. The molecule has 55 heavy (non-hydrogen) atoms. The van der Waals surface area contributed by atoms with Crippen LogP contribution in [0.25, 0.3) is 0 Å². The number of carbonyl (C=O) groups excluding carboxylic acids is 2. The van der Waals surface area contributed by atoms with Gasteiger partial charge in [0.25, 0.3) is 0 Å². The molecule has 0 aliphatic carbocycles. The molecule has 0 rings (SSSR count). The molecular weight excluding hydrogens is 713 g/mol. The van der Waals surface area contributed by atoms with Gasteiger partial charge in [0.15, 0.2) is 6.10 Å². The molecule has 0 amide bonds. The predicted octanol–water partition coefficient (Wildman–Crippen LogP) is 12.5. The van der Waals surface area contributed by atoms with E-state index in [-0.39, 0.29) is 32.0 Å². The number of rotatable bonds is 40. The molecule has 0 fully saturated rings. The molecule has 0 aliphatic heterocycles. The molecule has 320 valence electrons. The van der Waals surface area contributed by atoms with E-state index < -0.39 is 26.5 Å². The maximum atomic E-state index is 12.6. The molecular formula is C45H82NO8P. The van der Waals surface area contributed by atoms with Crippen LogP contribution in [0.15, 0.2) is 48.6 Å². The number of phosphoric ester groups is 1.